The van der Waals surface area contributed by atoms with E-state index in [1.54, 1.807) is 24.3 Å². The summed E-state index contributed by atoms with van der Waals surface area (Å²) in [7, 11) is 0. The molecule has 1 aromatic rings. The first kappa shape index (κ1) is 13.9. The van der Waals surface area contributed by atoms with Crippen molar-refractivity contribution in [3.8, 4) is 5.75 Å². The summed E-state index contributed by atoms with van der Waals surface area (Å²) in [4.78, 5) is 2.36. The summed E-state index contributed by atoms with van der Waals surface area (Å²) in [5.41, 5.74) is 6.68. The lowest BCUT2D eigenvalue weighted by atomic mass is 10.0. The zero-order chi connectivity index (χ0) is 12.8. The number of benzene rings is 1. The van der Waals surface area contributed by atoms with E-state index in [1.165, 1.54) is 0 Å². The number of likely N-dealkylation sites (N-methyl/N-ethyl adjacent to an activating group) is 1. The number of phenols is 1. The highest BCUT2D eigenvalue weighted by atomic mass is 32.1. The van der Waals surface area contributed by atoms with E-state index in [0.29, 0.717) is 11.5 Å². The van der Waals surface area contributed by atoms with E-state index in [9.17, 15) is 5.11 Å². The molecule has 0 spiro atoms. The molecular weight excluding hydrogens is 236 g/mol. The van der Waals surface area contributed by atoms with Gasteiger partial charge in [-0.15, -0.1) is 0 Å². The highest BCUT2D eigenvalue weighted by Gasteiger charge is 2.21. The first-order valence-corrected chi connectivity index (χ1v) is 5.94. The number of phenolic OH excluding ortho intramolecular Hbond substituents is 1. The molecular formula is C12H18N2O2S. The molecule has 0 bridgehead atoms. The molecule has 4 nitrogen and oxygen atoms in total. The van der Waals surface area contributed by atoms with Crippen LogP contribution in [0.4, 0.5) is 0 Å². The Morgan fingerprint density at radius 2 is 2.00 bits per heavy atom. The maximum atomic E-state index is 9.26. The van der Waals surface area contributed by atoms with Crippen molar-refractivity contribution >= 4 is 17.2 Å². The number of aliphatic hydroxyl groups excluding tert-OH is 1. The molecule has 1 aromatic carbocycles. The minimum Gasteiger partial charge on any atom is -0.508 e. The van der Waals surface area contributed by atoms with Gasteiger partial charge in [0.1, 0.15) is 5.75 Å². The van der Waals surface area contributed by atoms with Crippen LogP contribution in [-0.4, -0.2) is 39.8 Å². The van der Waals surface area contributed by atoms with E-state index < -0.39 is 0 Å². The standard InChI is InChI=1S/C12H18N2O2S/c1-2-14(7-8-15)11(12(13)17)9-3-5-10(16)6-4-9/h3-6,11,15-16H,2,7-8H2,1H3,(H2,13,17). The second kappa shape index (κ2) is 6.54. The van der Waals surface area contributed by atoms with Gasteiger partial charge in [0.15, 0.2) is 0 Å². The largest absolute Gasteiger partial charge is 0.508 e. The first-order chi connectivity index (χ1) is 8.10. The molecule has 0 saturated carbocycles. The average molecular weight is 254 g/mol. The lowest BCUT2D eigenvalue weighted by Gasteiger charge is -2.29. The van der Waals surface area contributed by atoms with Gasteiger partial charge in [0, 0.05) is 6.54 Å². The van der Waals surface area contributed by atoms with Crippen LogP contribution in [-0.2, 0) is 0 Å². The summed E-state index contributed by atoms with van der Waals surface area (Å²) in [5.74, 6) is 0.209. The lowest BCUT2D eigenvalue weighted by Crippen LogP contribution is -2.38. The lowest BCUT2D eigenvalue weighted by molar-refractivity contribution is 0.185. The number of hydrogen-bond donors (Lipinski definition) is 3. The molecule has 17 heavy (non-hydrogen) atoms. The number of rotatable bonds is 6. The molecule has 0 amide bonds. The zero-order valence-electron chi connectivity index (χ0n) is 9.84. The van der Waals surface area contributed by atoms with Gasteiger partial charge in [-0.2, -0.15) is 0 Å². The van der Waals surface area contributed by atoms with Crippen molar-refractivity contribution in [2.75, 3.05) is 19.7 Å². The quantitative estimate of drug-likeness (QED) is 0.662. The molecule has 4 N–H and O–H groups in total. The van der Waals surface area contributed by atoms with E-state index in [2.05, 4.69) is 0 Å². The maximum Gasteiger partial charge on any atom is 0.115 e. The number of aliphatic hydroxyl groups is 1. The van der Waals surface area contributed by atoms with Crippen LogP contribution >= 0.6 is 12.2 Å². The topological polar surface area (TPSA) is 69.7 Å². The summed E-state index contributed by atoms with van der Waals surface area (Å²) in [6.07, 6.45) is 0. The molecule has 0 aliphatic heterocycles. The Kier molecular flexibility index (Phi) is 5.34. The highest BCUT2D eigenvalue weighted by Crippen LogP contribution is 2.22. The molecule has 0 fully saturated rings. The smallest absolute Gasteiger partial charge is 0.115 e. The van der Waals surface area contributed by atoms with Crippen LogP contribution in [0.2, 0.25) is 0 Å². The Bertz CT molecular complexity index is 367. The van der Waals surface area contributed by atoms with Crippen LogP contribution in [0.15, 0.2) is 24.3 Å². The summed E-state index contributed by atoms with van der Waals surface area (Å²) < 4.78 is 0. The van der Waals surface area contributed by atoms with E-state index in [-0.39, 0.29) is 18.4 Å². The van der Waals surface area contributed by atoms with E-state index in [4.69, 9.17) is 23.1 Å². The van der Waals surface area contributed by atoms with Gasteiger partial charge in [-0.1, -0.05) is 31.3 Å². The molecule has 1 rings (SSSR count). The fraction of sp³-hybridized carbons (Fsp3) is 0.417. The fourth-order valence-electron chi connectivity index (χ4n) is 1.81. The van der Waals surface area contributed by atoms with Crippen molar-refractivity contribution in [2.24, 2.45) is 5.73 Å². The van der Waals surface area contributed by atoms with Crippen molar-refractivity contribution in [2.45, 2.75) is 13.0 Å². The minimum atomic E-state index is -0.206. The molecule has 1 atom stereocenters. The van der Waals surface area contributed by atoms with Gasteiger partial charge in [0.25, 0.3) is 0 Å². The summed E-state index contributed by atoms with van der Waals surface area (Å²) in [6, 6.07) is 6.59. The second-order valence-electron chi connectivity index (χ2n) is 3.75. The number of nitrogens with two attached hydrogens (primary N) is 1. The Morgan fingerprint density at radius 1 is 1.41 bits per heavy atom. The normalized spacial score (nSPS) is 12.6. The zero-order valence-corrected chi connectivity index (χ0v) is 10.7. The maximum absolute atomic E-state index is 9.26. The van der Waals surface area contributed by atoms with Gasteiger partial charge in [0.05, 0.1) is 17.6 Å². The Morgan fingerprint density at radius 3 is 2.41 bits per heavy atom. The Hall–Kier alpha value is -1.17. The number of hydrogen-bond acceptors (Lipinski definition) is 4. The van der Waals surface area contributed by atoms with E-state index in [0.717, 1.165) is 12.1 Å². The van der Waals surface area contributed by atoms with Gasteiger partial charge < -0.3 is 15.9 Å². The van der Waals surface area contributed by atoms with E-state index >= 15 is 0 Å². The second-order valence-corrected chi connectivity index (χ2v) is 4.22. The third-order valence-corrected chi connectivity index (χ3v) is 2.86. The first-order valence-electron chi connectivity index (χ1n) is 5.53. The van der Waals surface area contributed by atoms with Crippen LogP contribution in [0.1, 0.15) is 18.5 Å². The summed E-state index contributed by atoms with van der Waals surface area (Å²) in [5, 5.41) is 18.3. The van der Waals surface area contributed by atoms with Gasteiger partial charge in [-0.25, -0.2) is 0 Å². The molecule has 0 saturated heterocycles. The van der Waals surface area contributed by atoms with Gasteiger partial charge >= 0.3 is 0 Å². The highest BCUT2D eigenvalue weighted by molar-refractivity contribution is 7.80. The summed E-state index contributed by atoms with van der Waals surface area (Å²) >= 11 is 5.08. The van der Waals surface area contributed by atoms with Gasteiger partial charge in [-0.05, 0) is 24.2 Å². The average Bonchev–Trinajstić information content (AvgIpc) is 2.30. The van der Waals surface area contributed by atoms with Crippen LogP contribution in [0.3, 0.4) is 0 Å². The number of aromatic hydroxyl groups is 1. The SMILES string of the molecule is CCN(CCO)C(C(N)=S)c1ccc(O)cc1. The van der Waals surface area contributed by atoms with Crippen LogP contribution < -0.4 is 5.73 Å². The van der Waals surface area contributed by atoms with Crippen molar-refractivity contribution in [1.29, 1.82) is 0 Å². The molecule has 0 heterocycles. The Balaban J connectivity index is 2.99. The van der Waals surface area contributed by atoms with Crippen molar-refractivity contribution in [1.82, 2.24) is 4.90 Å². The molecule has 0 radical (unpaired) electrons. The van der Waals surface area contributed by atoms with Crippen molar-refractivity contribution < 1.29 is 10.2 Å². The summed E-state index contributed by atoms with van der Waals surface area (Å²) in [6.45, 7) is 3.30. The molecule has 5 heteroatoms. The molecule has 1 unspecified atom stereocenters. The molecule has 94 valence electrons. The van der Waals surface area contributed by atoms with Crippen LogP contribution in [0, 0.1) is 0 Å². The van der Waals surface area contributed by atoms with Crippen LogP contribution in [0.5, 0.6) is 5.75 Å². The minimum absolute atomic E-state index is 0.0606. The van der Waals surface area contributed by atoms with E-state index in [1.807, 2.05) is 11.8 Å². The predicted molar refractivity (Wildman–Crippen MR) is 72.0 cm³/mol. The third-order valence-electron chi connectivity index (χ3n) is 2.64. The molecule has 0 aliphatic carbocycles. The molecule has 0 aliphatic rings. The number of thiocarbonyl (C=S) groups is 1. The third kappa shape index (κ3) is 3.66. The van der Waals surface area contributed by atoms with Crippen LogP contribution in [0.25, 0.3) is 0 Å². The Labute approximate surface area is 107 Å². The predicted octanol–water partition coefficient (Wildman–Crippen LogP) is 1.03. The monoisotopic (exact) mass is 254 g/mol. The van der Waals surface area contributed by atoms with Gasteiger partial charge in [0.2, 0.25) is 0 Å². The van der Waals surface area contributed by atoms with Crippen molar-refractivity contribution in [3.63, 3.8) is 0 Å². The van der Waals surface area contributed by atoms with Crippen molar-refractivity contribution in [3.05, 3.63) is 29.8 Å². The fourth-order valence-corrected chi connectivity index (χ4v) is 2.10. The number of nitrogens with zero attached hydrogens (tertiary/aromatic N) is 1. The van der Waals surface area contributed by atoms with Gasteiger partial charge in [-0.3, -0.25) is 4.90 Å². The molecule has 0 aromatic heterocycles.